The van der Waals surface area contributed by atoms with Gasteiger partial charge < -0.3 is 15.4 Å². The molecule has 0 radical (unpaired) electrons. The maximum Gasteiger partial charge on any atom is 0.344 e. The van der Waals surface area contributed by atoms with Crippen molar-refractivity contribution in [2.75, 3.05) is 32.6 Å². The van der Waals surface area contributed by atoms with Crippen molar-refractivity contribution in [1.29, 1.82) is 0 Å². The van der Waals surface area contributed by atoms with E-state index < -0.39 is 23.4 Å². The number of halogens is 1. The number of ether oxygens (including phenoxy) is 1. The quantitative estimate of drug-likeness (QED) is 0.504. The SMILES string of the molecule is COc1ccc(Cl)cc1NC(=O)CN(C)CCC(=O)NN1C(=O)NC2(CCCCC2)C1=O. The molecule has 32 heavy (non-hydrogen) atoms. The molecule has 1 aromatic carbocycles. The molecule has 174 valence electrons. The standard InChI is InChI=1S/C21H28ClN5O5/c1-26(13-18(29)23-15-12-14(22)6-7-16(15)32-2)11-8-17(28)25-27-19(30)21(24-20(27)31)9-4-3-5-10-21/h6-7,12H,3-5,8-11,13H2,1-2H3,(H,23,29)(H,24,31)(H,25,28). The molecule has 11 heteroatoms. The number of hydrazine groups is 1. The van der Waals surface area contributed by atoms with Gasteiger partial charge in [0.2, 0.25) is 11.8 Å². The molecule has 1 saturated carbocycles. The third-order valence-electron chi connectivity index (χ3n) is 5.68. The molecule has 3 N–H and O–H groups in total. The Hall–Kier alpha value is -2.85. The lowest BCUT2D eigenvalue weighted by atomic mass is 9.82. The first kappa shape index (κ1) is 23.8. The van der Waals surface area contributed by atoms with Crippen molar-refractivity contribution in [3.8, 4) is 5.75 Å². The lowest BCUT2D eigenvalue weighted by Crippen LogP contribution is -2.51. The van der Waals surface area contributed by atoms with Gasteiger partial charge in [-0.2, -0.15) is 5.01 Å². The number of nitrogens with zero attached hydrogens (tertiary/aromatic N) is 2. The van der Waals surface area contributed by atoms with E-state index in [0.29, 0.717) is 29.3 Å². The lowest BCUT2D eigenvalue weighted by Gasteiger charge is -2.30. The normalized spacial score (nSPS) is 17.4. The van der Waals surface area contributed by atoms with E-state index in [1.54, 1.807) is 30.1 Å². The average molecular weight is 466 g/mol. The van der Waals surface area contributed by atoms with Gasteiger partial charge in [-0.25, -0.2) is 4.79 Å². The number of urea groups is 1. The highest BCUT2D eigenvalue weighted by molar-refractivity contribution is 6.31. The highest BCUT2D eigenvalue weighted by Gasteiger charge is 2.52. The van der Waals surface area contributed by atoms with Gasteiger partial charge >= 0.3 is 6.03 Å². The maximum atomic E-state index is 12.7. The summed E-state index contributed by atoms with van der Waals surface area (Å²) in [5, 5.41) is 6.71. The summed E-state index contributed by atoms with van der Waals surface area (Å²) in [5.74, 6) is -0.709. The van der Waals surface area contributed by atoms with Crippen molar-refractivity contribution < 1.29 is 23.9 Å². The largest absolute Gasteiger partial charge is 0.495 e. The molecule has 1 heterocycles. The summed E-state index contributed by atoms with van der Waals surface area (Å²) in [6.45, 7) is 0.274. The van der Waals surface area contributed by atoms with E-state index in [4.69, 9.17) is 16.3 Å². The van der Waals surface area contributed by atoms with Crippen molar-refractivity contribution >= 4 is 41.0 Å². The van der Waals surface area contributed by atoms with Crippen LogP contribution in [0.5, 0.6) is 5.75 Å². The third kappa shape index (κ3) is 5.49. The number of carbonyl (C=O) groups is 4. The van der Waals surface area contributed by atoms with Crippen molar-refractivity contribution in [2.45, 2.75) is 44.1 Å². The minimum atomic E-state index is -0.890. The molecule has 5 amide bonds. The average Bonchev–Trinajstić information content (AvgIpc) is 2.96. The predicted octanol–water partition coefficient (Wildman–Crippen LogP) is 1.89. The van der Waals surface area contributed by atoms with E-state index in [-0.39, 0.29) is 25.4 Å². The number of imide groups is 1. The number of amides is 5. The predicted molar refractivity (Wildman–Crippen MR) is 118 cm³/mol. The third-order valence-corrected chi connectivity index (χ3v) is 5.91. The van der Waals surface area contributed by atoms with E-state index in [2.05, 4.69) is 16.1 Å². The number of hydrogen-bond donors (Lipinski definition) is 3. The molecular weight excluding hydrogens is 438 g/mol. The fourth-order valence-corrected chi connectivity index (χ4v) is 4.15. The van der Waals surface area contributed by atoms with Gasteiger partial charge in [0.05, 0.1) is 19.3 Å². The molecule has 1 aromatic rings. The van der Waals surface area contributed by atoms with Crippen molar-refractivity contribution in [3.05, 3.63) is 23.2 Å². The van der Waals surface area contributed by atoms with Crippen LogP contribution in [0.25, 0.3) is 0 Å². The number of hydrogen-bond acceptors (Lipinski definition) is 6. The Kier molecular flexibility index (Phi) is 7.57. The minimum absolute atomic E-state index is 0.00826. The second kappa shape index (κ2) is 10.2. The number of methoxy groups -OCH3 is 1. The number of carbonyl (C=O) groups excluding carboxylic acids is 4. The molecule has 0 aromatic heterocycles. The summed E-state index contributed by atoms with van der Waals surface area (Å²) in [7, 11) is 3.18. The number of likely N-dealkylation sites (N-methyl/N-ethyl adjacent to an activating group) is 1. The summed E-state index contributed by atoms with van der Waals surface area (Å²) >= 11 is 5.97. The van der Waals surface area contributed by atoms with Crippen molar-refractivity contribution in [1.82, 2.24) is 20.7 Å². The van der Waals surface area contributed by atoms with Gasteiger partial charge in [-0.15, -0.1) is 0 Å². The van der Waals surface area contributed by atoms with Crippen LogP contribution in [0.2, 0.25) is 5.02 Å². The van der Waals surface area contributed by atoms with Gasteiger partial charge in [0.1, 0.15) is 11.3 Å². The first-order chi connectivity index (χ1) is 15.2. The van der Waals surface area contributed by atoms with Crippen LogP contribution >= 0.6 is 11.6 Å². The van der Waals surface area contributed by atoms with Gasteiger partial charge in [-0.05, 0) is 38.1 Å². The summed E-state index contributed by atoms with van der Waals surface area (Å²) in [6, 6.07) is 4.29. The van der Waals surface area contributed by atoms with Gasteiger partial charge in [-0.3, -0.25) is 24.7 Å². The molecule has 1 aliphatic heterocycles. The maximum absolute atomic E-state index is 12.7. The van der Waals surface area contributed by atoms with Crippen molar-refractivity contribution in [2.24, 2.45) is 0 Å². The molecule has 10 nitrogen and oxygen atoms in total. The Balaban J connectivity index is 1.46. The van der Waals surface area contributed by atoms with Crippen LogP contribution < -0.4 is 20.8 Å². The molecule has 2 aliphatic rings. The Morgan fingerprint density at radius 2 is 1.94 bits per heavy atom. The van der Waals surface area contributed by atoms with Gasteiger partial charge in [0.25, 0.3) is 5.91 Å². The van der Waals surface area contributed by atoms with Crippen LogP contribution in [-0.4, -0.2) is 66.4 Å². The molecule has 1 saturated heterocycles. The number of rotatable bonds is 8. The smallest absolute Gasteiger partial charge is 0.344 e. The Bertz CT molecular complexity index is 903. The highest BCUT2D eigenvalue weighted by atomic mass is 35.5. The second-order valence-corrected chi connectivity index (χ2v) is 8.57. The van der Waals surface area contributed by atoms with E-state index in [1.165, 1.54) is 7.11 Å². The molecule has 1 aliphatic carbocycles. The fraction of sp³-hybridized carbons (Fsp3) is 0.524. The van der Waals surface area contributed by atoms with E-state index in [1.807, 2.05) is 0 Å². The molecule has 1 spiro atoms. The molecular formula is C21H28ClN5O5. The Labute approximate surface area is 191 Å². The van der Waals surface area contributed by atoms with Crippen LogP contribution in [-0.2, 0) is 14.4 Å². The molecule has 0 bridgehead atoms. The summed E-state index contributed by atoms with van der Waals surface area (Å²) in [4.78, 5) is 51.2. The second-order valence-electron chi connectivity index (χ2n) is 8.13. The van der Waals surface area contributed by atoms with E-state index in [9.17, 15) is 19.2 Å². The topological polar surface area (TPSA) is 120 Å². The minimum Gasteiger partial charge on any atom is -0.495 e. The van der Waals surface area contributed by atoms with E-state index >= 15 is 0 Å². The first-order valence-corrected chi connectivity index (χ1v) is 10.9. The summed E-state index contributed by atoms with van der Waals surface area (Å²) in [5.41, 5.74) is 1.95. The number of anilines is 1. The monoisotopic (exact) mass is 465 g/mol. The van der Waals surface area contributed by atoms with Gasteiger partial charge in [0.15, 0.2) is 0 Å². The highest BCUT2D eigenvalue weighted by Crippen LogP contribution is 2.33. The van der Waals surface area contributed by atoms with Crippen LogP contribution in [0.4, 0.5) is 10.5 Å². The zero-order chi connectivity index (χ0) is 23.3. The fourth-order valence-electron chi connectivity index (χ4n) is 3.98. The van der Waals surface area contributed by atoms with Crippen LogP contribution in [0.1, 0.15) is 38.5 Å². The molecule has 0 atom stereocenters. The van der Waals surface area contributed by atoms with Gasteiger partial charge in [-0.1, -0.05) is 30.9 Å². The molecule has 2 fully saturated rings. The lowest BCUT2D eigenvalue weighted by molar-refractivity contribution is -0.140. The zero-order valence-corrected chi connectivity index (χ0v) is 19.0. The molecule has 0 unspecified atom stereocenters. The number of nitrogens with one attached hydrogen (secondary N) is 3. The van der Waals surface area contributed by atoms with E-state index in [0.717, 1.165) is 24.3 Å². The van der Waals surface area contributed by atoms with Crippen molar-refractivity contribution in [3.63, 3.8) is 0 Å². The first-order valence-electron chi connectivity index (χ1n) is 10.5. The summed E-state index contributed by atoms with van der Waals surface area (Å²) in [6.07, 6.45) is 3.93. The zero-order valence-electron chi connectivity index (χ0n) is 18.2. The summed E-state index contributed by atoms with van der Waals surface area (Å²) < 4.78 is 5.20. The van der Waals surface area contributed by atoms with Crippen LogP contribution in [0.15, 0.2) is 18.2 Å². The Morgan fingerprint density at radius 3 is 2.62 bits per heavy atom. The van der Waals surface area contributed by atoms with Gasteiger partial charge in [0, 0.05) is 18.0 Å². The van der Waals surface area contributed by atoms with Crippen LogP contribution in [0, 0.1) is 0 Å². The number of benzene rings is 1. The molecule has 3 rings (SSSR count). The van der Waals surface area contributed by atoms with Crippen LogP contribution in [0.3, 0.4) is 0 Å². The Morgan fingerprint density at radius 1 is 1.22 bits per heavy atom.